The van der Waals surface area contributed by atoms with Gasteiger partial charge in [0.2, 0.25) is 5.91 Å². The van der Waals surface area contributed by atoms with Gasteiger partial charge in [0, 0.05) is 12.1 Å². The van der Waals surface area contributed by atoms with E-state index in [2.05, 4.69) is 0 Å². The summed E-state index contributed by atoms with van der Waals surface area (Å²) >= 11 is 0. The number of halogens is 1. The Morgan fingerprint density at radius 3 is 2.67 bits per heavy atom. The van der Waals surface area contributed by atoms with Crippen LogP contribution in [0, 0.1) is 5.82 Å². The predicted molar refractivity (Wildman–Crippen MR) is 88.2 cm³/mol. The van der Waals surface area contributed by atoms with Crippen molar-refractivity contribution in [2.75, 3.05) is 13.7 Å². The van der Waals surface area contributed by atoms with Crippen molar-refractivity contribution in [2.45, 2.75) is 25.0 Å². The molecule has 2 atom stereocenters. The molecule has 0 aliphatic carbocycles. The number of nitrogens with zero attached hydrogens (tertiary/aromatic N) is 1. The fourth-order valence-corrected chi connectivity index (χ4v) is 3.20. The molecule has 5 heteroatoms. The minimum absolute atomic E-state index is 0.0784. The molecule has 1 aliphatic rings. The van der Waals surface area contributed by atoms with E-state index in [0.717, 1.165) is 11.1 Å². The number of carbonyl (C=O) groups is 1. The maximum atomic E-state index is 13.1. The molecule has 24 heavy (non-hydrogen) atoms. The third-order valence-electron chi connectivity index (χ3n) is 4.39. The largest absolute Gasteiger partial charge is 0.496 e. The van der Waals surface area contributed by atoms with Gasteiger partial charge < -0.3 is 14.7 Å². The predicted octanol–water partition coefficient (Wildman–Crippen LogP) is 2.71. The molecule has 1 aliphatic heterocycles. The number of ether oxygens (including phenoxy) is 1. The Morgan fingerprint density at radius 1 is 1.25 bits per heavy atom. The van der Waals surface area contributed by atoms with E-state index < -0.39 is 6.10 Å². The molecule has 1 heterocycles. The van der Waals surface area contributed by atoms with Gasteiger partial charge in [-0.25, -0.2) is 4.39 Å². The number of amides is 1. The molecule has 1 saturated heterocycles. The summed E-state index contributed by atoms with van der Waals surface area (Å²) in [7, 11) is 1.57. The van der Waals surface area contributed by atoms with Crippen LogP contribution in [0.1, 0.15) is 23.6 Å². The third-order valence-corrected chi connectivity index (χ3v) is 4.39. The van der Waals surface area contributed by atoms with Crippen LogP contribution in [0.3, 0.4) is 0 Å². The second kappa shape index (κ2) is 7.01. The van der Waals surface area contributed by atoms with Crippen molar-refractivity contribution in [1.29, 1.82) is 0 Å². The average Bonchev–Trinajstić information content (AvgIpc) is 2.98. The first-order valence-electron chi connectivity index (χ1n) is 7.93. The molecule has 2 aromatic carbocycles. The summed E-state index contributed by atoms with van der Waals surface area (Å²) in [6, 6.07) is 13.3. The Kier molecular flexibility index (Phi) is 4.81. The average molecular weight is 329 g/mol. The molecule has 3 rings (SSSR count). The highest BCUT2D eigenvalue weighted by Crippen LogP contribution is 2.33. The Bertz CT molecular complexity index is 717. The second-order valence-electron chi connectivity index (χ2n) is 5.99. The topological polar surface area (TPSA) is 49.8 Å². The summed E-state index contributed by atoms with van der Waals surface area (Å²) in [4.78, 5) is 14.4. The maximum Gasteiger partial charge on any atom is 0.227 e. The van der Waals surface area contributed by atoms with Crippen LogP contribution in [0.2, 0.25) is 0 Å². The number of aliphatic hydroxyl groups excluding tert-OH is 1. The zero-order valence-electron chi connectivity index (χ0n) is 13.5. The third kappa shape index (κ3) is 3.41. The SMILES string of the molecule is COc1ccccc1CC(=O)N1C[C@@H](O)C[C@H]1c1ccc(F)cc1. The molecule has 1 N–H and O–H groups in total. The van der Waals surface area contributed by atoms with E-state index in [9.17, 15) is 14.3 Å². The number of rotatable bonds is 4. The molecule has 0 spiro atoms. The van der Waals surface area contributed by atoms with Gasteiger partial charge in [0.25, 0.3) is 0 Å². The van der Waals surface area contributed by atoms with Gasteiger partial charge in [-0.05, 0) is 30.2 Å². The van der Waals surface area contributed by atoms with Crippen LogP contribution in [0.15, 0.2) is 48.5 Å². The lowest BCUT2D eigenvalue weighted by Crippen LogP contribution is -2.33. The van der Waals surface area contributed by atoms with E-state index >= 15 is 0 Å². The molecule has 126 valence electrons. The van der Waals surface area contributed by atoms with Gasteiger partial charge in [-0.1, -0.05) is 30.3 Å². The number of aliphatic hydroxyl groups is 1. The molecule has 0 bridgehead atoms. The number of methoxy groups -OCH3 is 1. The lowest BCUT2D eigenvalue weighted by Gasteiger charge is -2.25. The van der Waals surface area contributed by atoms with Crippen molar-refractivity contribution >= 4 is 5.91 Å². The number of hydrogen-bond acceptors (Lipinski definition) is 3. The monoisotopic (exact) mass is 329 g/mol. The maximum absolute atomic E-state index is 13.1. The minimum Gasteiger partial charge on any atom is -0.496 e. The van der Waals surface area contributed by atoms with Crippen molar-refractivity contribution in [3.8, 4) is 5.75 Å². The summed E-state index contributed by atoms with van der Waals surface area (Å²) < 4.78 is 18.4. The number of β-amino-alcohol motifs (C(OH)–C–C–N with tert-alkyl or cyclic N) is 1. The highest BCUT2D eigenvalue weighted by Gasteiger charge is 2.35. The van der Waals surface area contributed by atoms with Crippen LogP contribution in [0.4, 0.5) is 4.39 Å². The first-order valence-corrected chi connectivity index (χ1v) is 7.93. The highest BCUT2D eigenvalue weighted by molar-refractivity contribution is 5.80. The molecule has 0 saturated carbocycles. The molecular weight excluding hydrogens is 309 g/mol. The van der Waals surface area contributed by atoms with E-state index in [-0.39, 0.29) is 30.7 Å². The first kappa shape index (κ1) is 16.5. The van der Waals surface area contributed by atoms with Gasteiger partial charge >= 0.3 is 0 Å². The molecule has 2 aromatic rings. The summed E-state index contributed by atoms with van der Waals surface area (Å²) in [5.74, 6) is 0.276. The fourth-order valence-electron chi connectivity index (χ4n) is 3.20. The van der Waals surface area contributed by atoms with Gasteiger partial charge in [-0.15, -0.1) is 0 Å². The zero-order valence-corrected chi connectivity index (χ0v) is 13.5. The molecule has 1 fully saturated rings. The van der Waals surface area contributed by atoms with E-state index in [1.807, 2.05) is 24.3 Å². The molecule has 1 amide bonds. The van der Waals surface area contributed by atoms with Gasteiger partial charge in [-0.2, -0.15) is 0 Å². The number of benzene rings is 2. The Hall–Kier alpha value is -2.40. The van der Waals surface area contributed by atoms with Crippen molar-refractivity contribution in [3.63, 3.8) is 0 Å². The van der Waals surface area contributed by atoms with Crippen LogP contribution < -0.4 is 4.74 Å². The standard InChI is InChI=1S/C19H20FNO3/c1-24-18-5-3-2-4-14(18)10-19(23)21-12-16(22)11-17(21)13-6-8-15(20)9-7-13/h2-9,16-17,22H,10-12H2,1H3/t16-,17-/m0/s1. The van der Waals surface area contributed by atoms with Crippen LogP contribution in [0.25, 0.3) is 0 Å². The molecule has 0 aromatic heterocycles. The van der Waals surface area contributed by atoms with E-state index in [4.69, 9.17) is 4.74 Å². The Balaban J connectivity index is 1.80. The van der Waals surface area contributed by atoms with Crippen molar-refractivity contribution in [3.05, 3.63) is 65.5 Å². The first-order chi connectivity index (χ1) is 11.6. The molecule has 0 unspecified atom stereocenters. The second-order valence-corrected chi connectivity index (χ2v) is 5.99. The smallest absolute Gasteiger partial charge is 0.227 e. The van der Waals surface area contributed by atoms with Crippen LogP contribution >= 0.6 is 0 Å². The summed E-state index contributed by atoms with van der Waals surface area (Å²) in [5, 5.41) is 10.0. The van der Waals surface area contributed by atoms with Crippen LogP contribution in [-0.2, 0) is 11.2 Å². The van der Waals surface area contributed by atoms with E-state index in [1.165, 1.54) is 12.1 Å². The van der Waals surface area contributed by atoms with Gasteiger partial charge in [0.05, 0.1) is 25.7 Å². The Labute approximate surface area is 140 Å². The number of hydrogen-bond donors (Lipinski definition) is 1. The van der Waals surface area contributed by atoms with Gasteiger partial charge in [-0.3, -0.25) is 4.79 Å². The van der Waals surface area contributed by atoms with E-state index in [0.29, 0.717) is 12.2 Å². The van der Waals surface area contributed by atoms with Crippen molar-refractivity contribution in [2.24, 2.45) is 0 Å². The number of likely N-dealkylation sites (tertiary alicyclic amines) is 1. The molecular formula is C19H20FNO3. The van der Waals surface area contributed by atoms with Crippen molar-refractivity contribution in [1.82, 2.24) is 4.90 Å². The number of carbonyl (C=O) groups excluding carboxylic acids is 1. The molecule has 4 nitrogen and oxygen atoms in total. The molecule has 0 radical (unpaired) electrons. The fraction of sp³-hybridized carbons (Fsp3) is 0.316. The normalized spacial score (nSPS) is 20.2. The lowest BCUT2D eigenvalue weighted by atomic mass is 10.0. The Morgan fingerprint density at radius 2 is 1.96 bits per heavy atom. The highest BCUT2D eigenvalue weighted by atomic mass is 19.1. The quantitative estimate of drug-likeness (QED) is 0.938. The van der Waals surface area contributed by atoms with Crippen LogP contribution in [-0.4, -0.2) is 35.7 Å². The summed E-state index contributed by atoms with van der Waals surface area (Å²) in [6.07, 6.45) is 0.0965. The van der Waals surface area contributed by atoms with E-state index in [1.54, 1.807) is 24.1 Å². The summed E-state index contributed by atoms with van der Waals surface area (Å²) in [5.41, 5.74) is 1.64. The minimum atomic E-state index is -0.568. The van der Waals surface area contributed by atoms with Crippen LogP contribution in [0.5, 0.6) is 5.75 Å². The van der Waals surface area contributed by atoms with Gasteiger partial charge in [0.1, 0.15) is 11.6 Å². The summed E-state index contributed by atoms with van der Waals surface area (Å²) in [6.45, 7) is 0.288. The number of para-hydroxylation sites is 1. The zero-order chi connectivity index (χ0) is 17.1. The van der Waals surface area contributed by atoms with Gasteiger partial charge in [0.15, 0.2) is 0 Å². The van der Waals surface area contributed by atoms with Crippen molar-refractivity contribution < 1.29 is 19.0 Å². The lowest BCUT2D eigenvalue weighted by molar-refractivity contribution is -0.131.